The largest absolute Gasteiger partial charge is 0.508 e. The molecule has 0 bridgehead atoms. The Morgan fingerprint density at radius 2 is 2.00 bits per heavy atom. The second kappa shape index (κ2) is 4.81. The van der Waals surface area contributed by atoms with Crippen molar-refractivity contribution >= 4 is 19.7 Å². The SMILES string of the molecule is O=S(=O)(Cl)CC(F)Cc1ccccc1O. The summed E-state index contributed by atoms with van der Waals surface area (Å²) < 4.78 is 34.3. The first kappa shape index (κ1) is 12.3. The zero-order valence-corrected chi connectivity index (χ0v) is 9.30. The summed E-state index contributed by atoms with van der Waals surface area (Å²) in [6.07, 6.45) is -1.78. The summed E-state index contributed by atoms with van der Waals surface area (Å²) in [5, 5.41) is 9.31. The van der Waals surface area contributed by atoms with Gasteiger partial charge in [0.2, 0.25) is 9.05 Å². The molecule has 0 aliphatic carbocycles. The predicted molar refractivity (Wildman–Crippen MR) is 56.3 cm³/mol. The Morgan fingerprint density at radius 1 is 1.40 bits per heavy atom. The predicted octanol–water partition coefficient (Wildman–Crippen LogP) is 1.84. The van der Waals surface area contributed by atoms with E-state index in [2.05, 4.69) is 0 Å². The van der Waals surface area contributed by atoms with Gasteiger partial charge >= 0.3 is 0 Å². The molecule has 1 N–H and O–H groups in total. The van der Waals surface area contributed by atoms with Crippen molar-refractivity contribution in [3.8, 4) is 5.75 Å². The van der Waals surface area contributed by atoms with E-state index in [1.165, 1.54) is 12.1 Å². The summed E-state index contributed by atoms with van der Waals surface area (Å²) >= 11 is 0. The summed E-state index contributed by atoms with van der Waals surface area (Å²) in [5.74, 6) is -0.796. The van der Waals surface area contributed by atoms with Crippen LogP contribution in [0.1, 0.15) is 5.56 Å². The average Bonchev–Trinajstić information content (AvgIpc) is 2.05. The number of hydrogen-bond acceptors (Lipinski definition) is 3. The Kier molecular flexibility index (Phi) is 3.93. The van der Waals surface area contributed by atoms with Crippen molar-refractivity contribution in [2.45, 2.75) is 12.6 Å². The molecule has 15 heavy (non-hydrogen) atoms. The highest BCUT2D eigenvalue weighted by atomic mass is 35.7. The van der Waals surface area contributed by atoms with Gasteiger partial charge in [-0.05, 0) is 11.6 Å². The molecule has 1 aromatic rings. The molecule has 1 atom stereocenters. The molecule has 0 spiro atoms. The van der Waals surface area contributed by atoms with Gasteiger partial charge in [0.25, 0.3) is 0 Å². The zero-order valence-electron chi connectivity index (χ0n) is 7.73. The molecule has 0 fully saturated rings. The van der Waals surface area contributed by atoms with E-state index in [1.807, 2.05) is 0 Å². The van der Waals surface area contributed by atoms with Crippen molar-refractivity contribution in [2.24, 2.45) is 0 Å². The monoisotopic (exact) mass is 252 g/mol. The van der Waals surface area contributed by atoms with Gasteiger partial charge in [0, 0.05) is 17.1 Å². The molecule has 0 aliphatic heterocycles. The summed E-state index contributed by atoms with van der Waals surface area (Å²) in [7, 11) is 1.06. The van der Waals surface area contributed by atoms with Crippen molar-refractivity contribution < 1.29 is 17.9 Å². The Bertz CT molecular complexity index is 433. The van der Waals surface area contributed by atoms with Crippen molar-refractivity contribution in [1.82, 2.24) is 0 Å². The lowest BCUT2D eigenvalue weighted by Gasteiger charge is -2.07. The van der Waals surface area contributed by atoms with Gasteiger partial charge in [-0.3, -0.25) is 0 Å². The van der Waals surface area contributed by atoms with Crippen LogP contribution in [0.2, 0.25) is 0 Å². The standard InChI is InChI=1S/C9H10ClFO3S/c10-15(13,14)6-8(11)5-7-3-1-2-4-9(7)12/h1-4,8,12H,5-6H2. The molecule has 1 rings (SSSR count). The first-order valence-electron chi connectivity index (χ1n) is 4.22. The van der Waals surface area contributed by atoms with E-state index in [0.29, 0.717) is 5.56 Å². The molecule has 3 nitrogen and oxygen atoms in total. The normalized spacial score (nSPS) is 13.7. The number of phenolic OH excluding ortho intramolecular Hbond substituents is 1. The third-order valence-electron chi connectivity index (χ3n) is 1.81. The van der Waals surface area contributed by atoms with Crippen LogP contribution in [-0.4, -0.2) is 25.4 Å². The number of benzene rings is 1. The molecule has 6 heteroatoms. The summed E-state index contributed by atoms with van der Waals surface area (Å²) in [4.78, 5) is 0. The first-order valence-corrected chi connectivity index (χ1v) is 6.69. The van der Waals surface area contributed by atoms with E-state index in [0.717, 1.165) is 0 Å². The number of alkyl halides is 1. The highest BCUT2D eigenvalue weighted by Gasteiger charge is 2.17. The topological polar surface area (TPSA) is 54.4 Å². The van der Waals surface area contributed by atoms with E-state index in [1.54, 1.807) is 12.1 Å². The fourth-order valence-electron chi connectivity index (χ4n) is 1.20. The zero-order chi connectivity index (χ0) is 11.5. The number of rotatable bonds is 4. The van der Waals surface area contributed by atoms with Gasteiger partial charge < -0.3 is 5.11 Å². The van der Waals surface area contributed by atoms with E-state index >= 15 is 0 Å². The third-order valence-corrected chi connectivity index (χ3v) is 2.95. The second-order valence-corrected chi connectivity index (χ2v) is 5.96. The van der Waals surface area contributed by atoms with E-state index in [9.17, 15) is 17.9 Å². The number of hydrogen-bond donors (Lipinski definition) is 1. The van der Waals surface area contributed by atoms with Gasteiger partial charge in [-0.15, -0.1) is 0 Å². The highest BCUT2D eigenvalue weighted by Crippen LogP contribution is 2.19. The molecule has 1 unspecified atom stereocenters. The number of halogens is 2. The van der Waals surface area contributed by atoms with Crippen LogP contribution >= 0.6 is 10.7 Å². The smallest absolute Gasteiger partial charge is 0.235 e. The molecule has 1 aromatic carbocycles. The minimum Gasteiger partial charge on any atom is -0.508 e. The number of aromatic hydroxyl groups is 1. The van der Waals surface area contributed by atoms with Gasteiger partial charge in [0.1, 0.15) is 11.9 Å². The van der Waals surface area contributed by atoms with Gasteiger partial charge in [-0.25, -0.2) is 12.8 Å². The lowest BCUT2D eigenvalue weighted by Crippen LogP contribution is -2.15. The van der Waals surface area contributed by atoms with Crippen LogP contribution in [0.15, 0.2) is 24.3 Å². The third kappa shape index (κ3) is 4.48. The fraction of sp³-hybridized carbons (Fsp3) is 0.333. The van der Waals surface area contributed by atoms with Crippen LogP contribution in [0.5, 0.6) is 5.75 Å². The van der Waals surface area contributed by atoms with Crippen molar-refractivity contribution in [3.63, 3.8) is 0 Å². The first-order chi connectivity index (χ1) is 6.88. The summed E-state index contributed by atoms with van der Waals surface area (Å²) in [6.45, 7) is 0. The molecule has 0 saturated heterocycles. The van der Waals surface area contributed by atoms with E-state index in [-0.39, 0.29) is 12.2 Å². The van der Waals surface area contributed by atoms with E-state index < -0.39 is 21.0 Å². The van der Waals surface area contributed by atoms with Crippen LogP contribution < -0.4 is 0 Å². The molecule has 0 aliphatic rings. The lowest BCUT2D eigenvalue weighted by molar-refractivity contribution is 0.356. The Hall–Kier alpha value is -0.810. The Labute approximate surface area is 91.9 Å². The molecule has 0 amide bonds. The minimum absolute atomic E-state index is 0.0490. The molecular formula is C9H10ClFO3S. The minimum atomic E-state index is -3.84. The molecule has 84 valence electrons. The quantitative estimate of drug-likeness (QED) is 0.832. The van der Waals surface area contributed by atoms with Gasteiger partial charge in [-0.1, -0.05) is 18.2 Å². The molecule has 0 saturated carbocycles. The molecular weight excluding hydrogens is 243 g/mol. The lowest BCUT2D eigenvalue weighted by atomic mass is 10.1. The van der Waals surface area contributed by atoms with Gasteiger partial charge in [0.05, 0.1) is 5.75 Å². The van der Waals surface area contributed by atoms with Gasteiger partial charge in [-0.2, -0.15) is 0 Å². The highest BCUT2D eigenvalue weighted by molar-refractivity contribution is 8.13. The number of para-hydroxylation sites is 1. The van der Waals surface area contributed by atoms with Crippen LogP contribution in [0.25, 0.3) is 0 Å². The van der Waals surface area contributed by atoms with Crippen molar-refractivity contribution in [1.29, 1.82) is 0 Å². The van der Waals surface area contributed by atoms with Crippen LogP contribution in [-0.2, 0) is 15.5 Å². The maximum atomic E-state index is 13.2. The van der Waals surface area contributed by atoms with Gasteiger partial charge in [0.15, 0.2) is 0 Å². The Balaban J connectivity index is 2.67. The van der Waals surface area contributed by atoms with Crippen LogP contribution in [0.3, 0.4) is 0 Å². The maximum Gasteiger partial charge on any atom is 0.235 e. The summed E-state index contributed by atoms with van der Waals surface area (Å²) in [5.41, 5.74) is 0.366. The maximum absolute atomic E-state index is 13.2. The van der Waals surface area contributed by atoms with E-state index in [4.69, 9.17) is 10.7 Å². The summed E-state index contributed by atoms with van der Waals surface area (Å²) in [6, 6.07) is 6.18. The fourth-order valence-corrected chi connectivity index (χ4v) is 2.16. The Morgan fingerprint density at radius 3 is 2.53 bits per heavy atom. The molecule has 0 aromatic heterocycles. The number of phenols is 1. The van der Waals surface area contributed by atoms with Crippen LogP contribution in [0, 0.1) is 0 Å². The molecule has 0 radical (unpaired) electrons. The van der Waals surface area contributed by atoms with Crippen LogP contribution in [0.4, 0.5) is 4.39 Å². The van der Waals surface area contributed by atoms with Crippen molar-refractivity contribution in [2.75, 3.05) is 5.75 Å². The van der Waals surface area contributed by atoms with Crippen molar-refractivity contribution in [3.05, 3.63) is 29.8 Å². The molecule has 0 heterocycles. The average molecular weight is 253 g/mol. The second-order valence-electron chi connectivity index (χ2n) is 3.14.